The Bertz CT molecular complexity index is 362. The van der Waals surface area contributed by atoms with Crippen LogP contribution in [0.5, 0.6) is 0 Å². The van der Waals surface area contributed by atoms with Crippen molar-refractivity contribution >= 4 is 0 Å². The Hall–Kier alpha value is -0.800. The van der Waals surface area contributed by atoms with Gasteiger partial charge in [-0.15, -0.1) is 0 Å². The van der Waals surface area contributed by atoms with Crippen molar-refractivity contribution in [1.29, 1.82) is 0 Å². The lowest BCUT2D eigenvalue weighted by atomic mass is 9.91. The van der Waals surface area contributed by atoms with E-state index in [4.69, 9.17) is 4.42 Å². The van der Waals surface area contributed by atoms with E-state index in [0.717, 1.165) is 24.5 Å². The summed E-state index contributed by atoms with van der Waals surface area (Å²) in [6.07, 6.45) is 9.17. The van der Waals surface area contributed by atoms with E-state index in [-0.39, 0.29) is 0 Å². The minimum Gasteiger partial charge on any atom is -0.472 e. The quantitative estimate of drug-likeness (QED) is 0.888. The maximum Gasteiger partial charge on any atom is 0.0950 e. The van der Waals surface area contributed by atoms with Crippen LogP contribution in [0.25, 0.3) is 0 Å². The molecule has 1 aromatic rings. The van der Waals surface area contributed by atoms with Crippen LogP contribution in [-0.4, -0.2) is 30.6 Å². The van der Waals surface area contributed by atoms with Gasteiger partial charge in [-0.25, -0.2) is 0 Å². The van der Waals surface area contributed by atoms with Crippen LogP contribution in [0.4, 0.5) is 0 Å². The standard InChI is InChI=1S/C15H24N2O/c1-11(13-5-6-18-10-13)16-9-12-7-14-3-4-15(8-12)17(14)2/h5-6,10-12,14-16H,3-4,7-9H2,1-2H3. The molecule has 1 N–H and O–H groups in total. The highest BCUT2D eigenvalue weighted by Gasteiger charge is 2.38. The highest BCUT2D eigenvalue weighted by atomic mass is 16.3. The normalized spacial score (nSPS) is 33.8. The van der Waals surface area contributed by atoms with Crippen LogP contribution in [0.15, 0.2) is 23.0 Å². The van der Waals surface area contributed by atoms with Gasteiger partial charge in [0.1, 0.15) is 0 Å². The lowest BCUT2D eigenvalue weighted by Crippen LogP contribution is -2.42. The van der Waals surface area contributed by atoms with Crippen molar-refractivity contribution in [2.75, 3.05) is 13.6 Å². The van der Waals surface area contributed by atoms with E-state index in [1.54, 1.807) is 6.26 Å². The fraction of sp³-hybridized carbons (Fsp3) is 0.733. The number of hydrogen-bond acceptors (Lipinski definition) is 3. The maximum absolute atomic E-state index is 5.14. The molecule has 0 radical (unpaired) electrons. The SMILES string of the molecule is CC(NCC1CC2CCC(C1)N2C)c1ccoc1. The lowest BCUT2D eigenvalue weighted by molar-refractivity contribution is 0.131. The van der Waals surface area contributed by atoms with E-state index in [1.807, 2.05) is 6.26 Å². The van der Waals surface area contributed by atoms with E-state index >= 15 is 0 Å². The van der Waals surface area contributed by atoms with Crippen molar-refractivity contribution < 1.29 is 4.42 Å². The van der Waals surface area contributed by atoms with Crippen LogP contribution in [0.3, 0.4) is 0 Å². The summed E-state index contributed by atoms with van der Waals surface area (Å²) in [5.41, 5.74) is 1.26. The van der Waals surface area contributed by atoms with Gasteiger partial charge in [0.05, 0.1) is 12.5 Å². The number of rotatable bonds is 4. The predicted octanol–water partition coefficient (Wildman–Crippen LogP) is 2.80. The third kappa shape index (κ3) is 2.34. The molecule has 0 amide bonds. The molecule has 2 aliphatic heterocycles. The molecular weight excluding hydrogens is 224 g/mol. The summed E-state index contributed by atoms with van der Waals surface area (Å²) in [5, 5.41) is 3.66. The monoisotopic (exact) mass is 248 g/mol. The van der Waals surface area contributed by atoms with Gasteiger partial charge in [-0.1, -0.05) is 0 Å². The lowest BCUT2D eigenvalue weighted by Gasteiger charge is -2.36. The van der Waals surface area contributed by atoms with Gasteiger partial charge in [0.2, 0.25) is 0 Å². The molecule has 2 saturated heterocycles. The maximum atomic E-state index is 5.14. The zero-order valence-electron chi connectivity index (χ0n) is 11.4. The molecule has 1 aromatic heterocycles. The first-order valence-corrected chi connectivity index (χ1v) is 7.21. The summed E-state index contributed by atoms with van der Waals surface area (Å²) in [6.45, 7) is 3.36. The van der Waals surface area contributed by atoms with Gasteiger partial charge in [0, 0.05) is 23.7 Å². The molecule has 0 saturated carbocycles. The van der Waals surface area contributed by atoms with Gasteiger partial charge in [-0.3, -0.25) is 0 Å². The molecule has 0 aromatic carbocycles. The second-order valence-corrected chi connectivity index (χ2v) is 6.07. The van der Waals surface area contributed by atoms with Gasteiger partial charge in [0.15, 0.2) is 0 Å². The first-order valence-electron chi connectivity index (χ1n) is 7.21. The van der Waals surface area contributed by atoms with E-state index in [1.165, 1.54) is 31.2 Å². The summed E-state index contributed by atoms with van der Waals surface area (Å²) in [7, 11) is 2.31. The van der Waals surface area contributed by atoms with Crippen LogP contribution in [-0.2, 0) is 0 Å². The summed E-state index contributed by atoms with van der Waals surface area (Å²) < 4.78 is 5.14. The number of nitrogens with zero attached hydrogens (tertiary/aromatic N) is 1. The molecule has 3 nitrogen and oxygen atoms in total. The van der Waals surface area contributed by atoms with Gasteiger partial charge < -0.3 is 14.6 Å². The summed E-state index contributed by atoms with van der Waals surface area (Å²) >= 11 is 0. The number of nitrogens with one attached hydrogen (secondary N) is 1. The minimum absolute atomic E-state index is 0.404. The van der Waals surface area contributed by atoms with Crippen LogP contribution in [0.2, 0.25) is 0 Å². The number of furan rings is 1. The Morgan fingerprint density at radius 3 is 2.72 bits per heavy atom. The molecule has 2 fully saturated rings. The average molecular weight is 248 g/mol. The van der Waals surface area contributed by atoms with Crippen LogP contribution >= 0.6 is 0 Å². The molecular formula is C15H24N2O. The van der Waals surface area contributed by atoms with Crippen molar-refractivity contribution in [3.63, 3.8) is 0 Å². The fourth-order valence-corrected chi connectivity index (χ4v) is 3.67. The van der Waals surface area contributed by atoms with Crippen molar-refractivity contribution in [3.05, 3.63) is 24.2 Å². The Kier molecular flexibility index (Phi) is 3.44. The molecule has 3 atom stereocenters. The Morgan fingerprint density at radius 2 is 2.11 bits per heavy atom. The molecule has 3 unspecified atom stereocenters. The average Bonchev–Trinajstić information content (AvgIpc) is 2.94. The Morgan fingerprint density at radius 1 is 1.39 bits per heavy atom. The molecule has 3 rings (SSSR count). The predicted molar refractivity (Wildman–Crippen MR) is 72.4 cm³/mol. The van der Waals surface area contributed by atoms with Crippen molar-refractivity contribution in [2.24, 2.45) is 5.92 Å². The molecule has 18 heavy (non-hydrogen) atoms. The van der Waals surface area contributed by atoms with Gasteiger partial charge in [-0.05, 0) is 58.2 Å². The largest absolute Gasteiger partial charge is 0.472 e. The minimum atomic E-state index is 0.404. The first kappa shape index (κ1) is 12.2. The van der Waals surface area contributed by atoms with Crippen LogP contribution in [0, 0.1) is 5.92 Å². The highest BCUT2D eigenvalue weighted by molar-refractivity contribution is 5.10. The number of piperidine rings is 1. The summed E-state index contributed by atoms with van der Waals surface area (Å²) in [4.78, 5) is 2.61. The fourth-order valence-electron chi connectivity index (χ4n) is 3.67. The molecule has 0 spiro atoms. The van der Waals surface area contributed by atoms with Crippen LogP contribution < -0.4 is 5.32 Å². The molecule has 3 heteroatoms. The van der Waals surface area contributed by atoms with Crippen molar-refractivity contribution in [2.45, 2.75) is 50.7 Å². The third-order valence-electron chi connectivity index (χ3n) is 4.95. The van der Waals surface area contributed by atoms with E-state index < -0.39 is 0 Å². The molecule has 3 heterocycles. The molecule has 2 aliphatic rings. The highest BCUT2D eigenvalue weighted by Crippen LogP contribution is 2.37. The summed E-state index contributed by atoms with van der Waals surface area (Å²) in [5.74, 6) is 0.855. The first-order chi connectivity index (χ1) is 8.74. The van der Waals surface area contributed by atoms with E-state index in [0.29, 0.717) is 6.04 Å². The second-order valence-electron chi connectivity index (χ2n) is 6.07. The van der Waals surface area contributed by atoms with E-state index in [9.17, 15) is 0 Å². The van der Waals surface area contributed by atoms with Gasteiger partial charge >= 0.3 is 0 Å². The van der Waals surface area contributed by atoms with Crippen molar-refractivity contribution in [1.82, 2.24) is 10.2 Å². The second kappa shape index (κ2) is 5.06. The third-order valence-corrected chi connectivity index (χ3v) is 4.95. The Balaban J connectivity index is 1.50. The molecule has 2 bridgehead atoms. The van der Waals surface area contributed by atoms with Gasteiger partial charge in [-0.2, -0.15) is 0 Å². The van der Waals surface area contributed by atoms with E-state index in [2.05, 4.69) is 30.3 Å². The Labute approximate surface area is 110 Å². The van der Waals surface area contributed by atoms with Crippen molar-refractivity contribution in [3.8, 4) is 0 Å². The molecule has 0 aliphatic carbocycles. The smallest absolute Gasteiger partial charge is 0.0950 e. The zero-order chi connectivity index (χ0) is 12.5. The van der Waals surface area contributed by atoms with Crippen LogP contribution in [0.1, 0.15) is 44.2 Å². The molecule has 100 valence electrons. The topological polar surface area (TPSA) is 28.4 Å². The van der Waals surface area contributed by atoms with Gasteiger partial charge in [0.25, 0.3) is 0 Å². The number of fused-ring (bicyclic) bond motifs is 2. The summed E-state index contributed by atoms with van der Waals surface area (Å²) in [6, 6.07) is 4.15. The zero-order valence-corrected chi connectivity index (χ0v) is 11.4. The number of hydrogen-bond donors (Lipinski definition) is 1.